The summed E-state index contributed by atoms with van der Waals surface area (Å²) >= 11 is 0. The van der Waals surface area contributed by atoms with Crippen LogP contribution in [0.4, 0.5) is 0 Å². The van der Waals surface area contributed by atoms with Gasteiger partial charge in [-0.3, -0.25) is 9.59 Å². The van der Waals surface area contributed by atoms with Crippen molar-refractivity contribution in [1.82, 2.24) is 5.32 Å². The molecule has 0 spiro atoms. The Balaban J connectivity index is 1.40. The van der Waals surface area contributed by atoms with Crippen LogP contribution in [0, 0.1) is 28.6 Å². The molecule has 32 heavy (non-hydrogen) atoms. The molecule has 3 fully saturated rings. The summed E-state index contributed by atoms with van der Waals surface area (Å²) in [5, 5.41) is 26.2. The number of aliphatic hydroxyl groups excluding tert-OH is 1. The first kappa shape index (κ1) is 21.8. The summed E-state index contributed by atoms with van der Waals surface area (Å²) in [7, 11) is 0. The lowest BCUT2D eigenvalue weighted by molar-refractivity contribution is -0.182. The van der Waals surface area contributed by atoms with Crippen molar-refractivity contribution >= 4 is 11.7 Å². The van der Waals surface area contributed by atoms with Crippen LogP contribution in [0.3, 0.4) is 0 Å². The Kier molecular flexibility index (Phi) is 5.14. The highest BCUT2D eigenvalue weighted by molar-refractivity contribution is 5.91. The van der Waals surface area contributed by atoms with Gasteiger partial charge in [-0.2, -0.15) is 0 Å². The maximum absolute atomic E-state index is 13.3. The second-order valence-electron chi connectivity index (χ2n) is 11.1. The van der Waals surface area contributed by atoms with Gasteiger partial charge in [0.05, 0.1) is 6.10 Å². The predicted molar refractivity (Wildman–Crippen MR) is 121 cm³/mol. The summed E-state index contributed by atoms with van der Waals surface area (Å²) in [5.41, 5.74) is -0.0897. The van der Waals surface area contributed by atoms with Crippen molar-refractivity contribution in [2.45, 2.75) is 77.0 Å². The van der Waals surface area contributed by atoms with Gasteiger partial charge in [0.1, 0.15) is 5.60 Å². The third kappa shape index (κ3) is 3.04. The predicted octanol–water partition coefficient (Wildman–Crippen LogP) is 3.54. The molecule has 172 valence electrons. The Hall–Kier alpha value is -1.98. The van der Waals surface area contributed by atoms with Crippen molar-refractivity contribution in [3.63, 3.8) is 0 Å². The van der Waals surface area contributed by atoms with E-state index in [1.165, 1.54) is 5.57 Å². The average Bonchev–Trinajstić information content (AvgIpc) is 3.04. The molecule has 4 aliphatic carbocycles. The summed E-state index contributed by atoms with van der Waals surface area (Å²) in [5.74, 6) is 0.428. The first-order valence-electron chi connectivity index (χ1n) is 12.2. The van der Waals surface area contributed by atoms with Gasteiger partial charge in [-0.15, -0.1) is 0 Å². The second-order valence-corrected chi connectivity index (χ2v) is 11.1. The van der Waals surface area contributed by atoms with Crippen molar-refractivity contribution in [3.05, 3.63) is 47.5 Å². The number of hydrogen-bond acceptors (Lipinski definition) is 4. The van der Waals surface area contributed by atoms with Crippen LogP contribution in [0.25, 0.3) is 0 Å². The number of benzene rings is 1. The maximum Gasteiger partial charge on any atom is 0.252 e. The zero-order chi connectivity index (χ0) is 22.7. The quantitative estimate of drug-likeness (QED) is 0.675. The molecule has 0 aliphatic heterocycles. The molecule has 5 heteroatoms. The lowest BCUT2D eigenvalue weighted by Gasteiger charge is -2.60. The van der Waals surface area contributed by atoms with E-state index in [1.807, 2.05) is 43.3 Å². The summed E-state index contributed by atoms with van der Waals surface area (Å²) in [4.78, 5) is 25.3. The van der Waals surface area contributed by atoms with Crippen molar-refractivity contribution in [3.8, 4) is 0 Å². The van der Waals surface area contributed by atoms with Gasteiger partial charge < -0.3 is 15.5 Å². The fraction of sp³-hybridized carbons (Fsp3) is 0.630. The monoisotopic (exact) mass is 437 g/mol. The molecule has 0 aromatic heterocycles. The Morgan fingerprint density at radius 2 is 1.88 bits per heavy atom. The fourth-order valence-corrected chi connectivity index (χ4v) is 7.99. The van der Waals surface area contributed by atoms with E-state index in [2.05, 4.69) is 12.2 Å². The first-order chi connectivity index (χ1) is 15.2. The number of allylic oxidation sites excluding steroid dienone is 1. The SMILES string of the molecule is C[C@]12CCC(=O)C=C1CCC1C2C(O)C[C@@]2(C)C1CC[C@]2(O)C(=O)NCc1ccccc1. The molecule has 5 rings (SSSR count). The summed E-state index contributed by atoms with van der Waals surface area (Å²) < 4.78 is 0. The van der Waals surface area contributed by atoms with Crippen LogP contribution in [0.15, 0.2) is 42.0 Å². The van der Waals surface area contributed by atoms with Gasteiger partial charge in [-0.05, 0) is 73.3 Å². The van der Waals surface area contributed by atoms with Crippen LogP contribution in [-0.4, -0.2) is 33.6 Å². The highest BCUT2D eigenvalue weighted by Gasteiger charge is 2.68. The fourth-order valence-electron chi connectivity index (χ4n) is 7.99. The molecule has 3 saturated carbocycles. The van der Waals surface area contributed by atoms with E-state index >= 15 is 0 Å². The lowest BCUT2D eigenvalue weighted by Crippen LogP contribution is -2.63. The van der Waals surface area contributed by atoms with Crippen molar-refractivity contribution < 1.29 is 19.8 Å². The molecule has 4 aliphatic rings. The van der Waals surface area contributed by atoms with Crippen molar-refractivity contribution in [2.75, 3.05) is 0 Å². The minimum Gasteiger partial charge on any atom is -0.393 e. The third-order valence-electron chi connectivity index (χ3n) is 9.72. The number of rotatable bonds is 3. The Morgan fingerprint density at radius 1 is 1.12 bits per heavy atom. The normalized spacial score (nSPS) is 43.0. The topological polar surface area (TPSA) is 86.6 Å². The molecule has 0 radical (unpaired) electrons. The van der Waals surface area contributed by atoms with E-state index in [4.69, 9.17) is 0 Å². The van der Waals surface area contributed by atoms with Crippen LogP contribution in [0.5, 0.6) is 0 Å². The largest absolute Gasteiger partial charge is 0.393 e. The van der Waals surface area contributed by atoms with Crippen molar-refractivity contribution in [1.29, 1.82) is 0 Å². The maximum atomic E-state index is 13.3. The van der Waals surface area contributed by atoms with Gasteiger partial charge in [0, 0.05) is 18.4 Å². The number of carbonyl (C=O) groups is 2. The van der Waals surface area contributed by atoms with E-state index in [-0.39, 0.29) is 34.9 Å². The highest BCUT2D eigenvalue weighted by Crippen LogP contribution is 2.67. The zero-order valence-electron chi connectivity index (χ0n) is 19.1. The number of amides is 1. The Morgan fingerprint density at radius 3 is 2.62 bits per heavy atom. The molecule has 4 unspecified atom stereocenters. The lowest BCUT2D eigenvalue weighted by atomic mass is 9.45. The molecule has 7 atom stereocenters. The van der Waals surface area contributed by atoms with E-state index in [1.54, 1.807) is 0 Å². The average molecular weight is 438 g/mol. The number of fused-ring (bicyclic) bond motifs is 5. The molecule has 0 heterocycles. The molecule has 5 nitrogen and oxygen atoms in total. The van der Waals surface area contributed by atoms with Crippen LogP contribution in [-0.2, 0) is 16.1 Å². The number of aliphatic hydroxyl groups is 2. The molecule has 1 aromatic rings. The van der Waals surface area contributed by atoms with Crippen LogP contribution < -0.4 is 5.32 Å². The van der Waals surface area contributed by atoms with Crippen LogP contribution in [0.2, 0.25) is 0 Å². The molecular formula is C27H35NO4. The van der Waals surface area contributed by atoms with Gasteiger partial charge in [0.15, 0.2) is 5.78 Å². The van der Waals surface area contributed by atoms with Crippen LogP contribution in [0.1, 0.15) is 64.4 Å². The summed E-state index contributed by atoms with van der Waals surface area (Å²) in [6.45, 7) is 4.63. The van der Waals surface area contributed by atoms with Gasteiger partial charge in [0.2, 0.25) is 0 Å². The molecule has 3 N–H and O–H groups in total. The number of hydrogen-bond donors (Lipinski definition) is 3. The van der Waals surface area contributed by atoms with Gasteiger partial charge in [-0.25, -0.2) is 0 Å². The Labute approximate surface area is 190 Å². The van der Waals surface area contributed by atoms with Crippen molar-refractivity contribution in [2.24, 2.45) is 28.6 Å². The zero-order valence-corrected chi connectivity index (χ0v) is 19.1. The number of ketones is 1. The molecule has 1 aromatic carbocycles. The van der Waals surface area contributed by atoms with Crippen LogP contribution >= 0.6 is 0 Å². The Bertz CT molecular complexity index is 958. The van der Waals surface area contributed by atoms with E-state index in [9.17, 15) is 19.8 Å². The summed E-state index contributed by atoms with van der Waals surface area (Å²) in [6.07, 6.45) is 6.03. The smallest absolute Gasteiger partial charge is 0.252 e. The second kappa shape index (κ2) is 7.53. The number of carbonyl (C=O) groups excluding carboxylic acids is 2. The minimum absolute atomic E-state index is 0.0865. The van der Waals surface area contributed by atoms with Gasteiger partial charge in [0.25, 0.3) is 5.91 Å². The highest BCUT2D eigenvalue weighted by atomic mass is 16.3. The van der Waals surface area contributed by atoms with E-state index in [0.29, 0.717) is 25.8 Å². The van der Waals surface area contributed by atoms with Gasteiger partial charge >= 0.3 is 0 Å². The van der Waals surface area contributed by atoms with E-state index < -0.39 is 17.1 Å². The third-order valence-corrected chi connectivity index (χ3v) is 9.72. The molecule has 0 saturated heterocycles. The molecular weight excluding hydrogens is 402 g/mol. The minimum atomic E-state index is -1.47. The summed E-state index contributed by atoms with van der Waals surface area (Å²) in [6, 6.07) is 9.73. The first-order valence-corrected chi connectivity index (χ1v) is 12.2. The molecule has 0 bridgehead atoms. The number of nitrogens with one attached hydrogen (secondary N) is 1. The van der Waals surface area contributed by atoms with E-state index in [0.717, 1.165) is 31.2 Å². The standard InChI is InChI=1S/C27H35NO4/c1-25-12-10-19(29)14-18(25)8-9-20-21-11-13-27(32,26(21,2)15-22(30)23(20)25)24(31)28-16-17-6-4-3-5-7-17/h3-7,14,20-23,30,32H,8-13,15-16H2,1-2H3,(H,28,31)/t20?,21?,22?,23?,25-,26-,27-/m0/s1. The molecule has 1 amide bonds. The van der Waals surface area contributed by atoms with Gasteiger partial charge in [-0.1, -0.05) is 49.8 Å².